The fraction of sp³-hybridized carbons (Fsp3) is 0. The number of benzene rings is 3. The van der Waals surface area contributed by atoms with Crippen LogP contribution in [-0.4, -0.2) is 17.3 Å². The smallest absolute Gasteiger partial charge is 0.343 e. The van der Waals surface area contributed by atoms with Gasteiger partial charge in [0, 0.05) is 15.7 Å². The molecule has 0 heterocycles. The van der Waals surface area contributed by atoms with E-state index in [0.29, 0.717) is 22.6 Å². The van der Waals surface area contributed by atoms with E-state index in [4.69, 9.17) is 17.0 Å². The van der Waals surface area contributed by atoms with E-state index in [0.717, 1.165) is 4.47 Å². The number of carbonyl (C=O) groups excluding carboxylic acids is 1. The van der Waals surface area contributed by atoms with Gasteiger partial charge in [0.2, 0.25) is 0 Å². The van der Waals surface area contributed by atoms with Crippen molar-refractivity contribution in [3.8, 4) is 5.75 Å². The van der Waals surface area contributed by atoms with Gasteiger partial charge in [0.1, 0.15) is 11.6 Å². The maximum absolute atomic E-state index is 12.9. The highest BCUT2D eigenvalue weighted by atomic mass is 79.9. The van der Waals surface area contributed by atoms with E-state index in [1.807, 2.05) is 6.07 Å². The SMILES string of the molecule is O=C(Oc1ccc(Br)cc1/C=N/NC(=S)Nc1ccc(F)cc1)c1ccccc1. The van der Waals surface area contributed by atoms with Crippen LogP contribution >= 0.6 is 28.1 Å². The summed E-state index contributed by atoms with van der Waals surface area (Å²) < 4.78 is 19.2. The molecule has 0 aliphatic heterocycles. The van der Waals surface area contributed by atoms with Gasteiger partial charge in [-0.1, -0.05) is 34.1 Å². The summed E-state index contributed by atoms with van der Waals surface area (Å²) in [5.74, 6) is -0.450. The average molecular weight is 472 g/mol. The van der Waals surface area contributed by atoms with Crippen LogP contribution in [0.1, 0.15) is 15.9 Å². The third kappa shape index (κ3) is 6.20. The Kier molecular flexibility index (Phi) is 7.04. The zero-order chi connectivity index (χ0) is 20.6. The van der Waals surface area contributed by atoms with Crippen molar-refractivity contribution in [2.45, 2.75) is 0 Å². The molecule has 3 aromatic rings. The van der Waals surface area contributed by atoms with Crippen molar-refractivity contribution in [1.82, 2.24) is 5.43 Å². The van der Waals surface area contributed by atoms with Crippen molar-refractivity contribution in [1.29, 1.82) is 0 Å². The summed E-state index contributed by atoms with van der Waals surface area (Å²) in [7, 11) is 0. The Morgan fingerprint density at radius 2 is 1.79 bits per heavy atom. The lowest BCUT2D eigenvalue weighted by atomic mass is 10.2. The predicted molar refractivity (Wildman–Crippen MR) is 119 cm³/mol. The van der Waals surface area contributed by atoms with Gasteiger partial charge in [-0.2, -0.15) is 5.10 Å². The topological polar surface area (TPSA) is 62.7 Å². The first-order chi connectivity index (χ1) is 14.0. The molecule has 29 heavy (non-hydrogen) atoms. The van der Waals surface area contributed by atoms with Crippen molar-refractivity contribution in [3.05, 3.63) is 94.2 Å². The van der Waals surface area contributed by atoms with E-state index in [1.165, 1.54) is 18.3 Å². The van der Waals surface area contributed by atoms with Gasteiger partial charge in [0.15, 0.2) is 5.11 Å². The maximum atomic E-state index is 12.9. The van der Waals surface area contributed by atoms with Gasteiger partial charge in [-0.25, -0.2) is 9.18 Å². The van der Waals surface area contributed by atoms with Crippen molar-refractivity contribution in [2.75, 3.05) is 5.32 Å². The molecule has 0 aliphatic rings. The average Bonchev–Trinajstić information content (AvgIpc) is 2.72. The van der Waals surface area contributed by atoms with Crippen LogP contribution in [0.3, 0.4) is 0 Å². The monoisotopic (exact) mass is 471 g/mol. The molecular weight excluding hydrogens is 457 g/mol. The first-order valence-corrected chi connectivity index (χ1v) is 9.64. The molecule has 0 spiro atoms. The number of nitrogens with zero attached hydrogens (tertiary/aromatic N) is 1. The van der Waals surface area contributed by atoms with Gasteiger partial charge in [-0.3, -0.25) is 5.43 Å². The largest absolute Gasteiger partial charge is 0.422 e. The van der Waals surface area contributed by atoms with Gasteiger partial charge in [0.05, 0.1) is 11.8 Å². The van der Waals surface area contributed by atoms with E-state index in [1.54, 1.807) is 54.6 Å². The van der Waals surface area contributed by atoms with Crippen LogP contribution in [-0.2, 0) is 0 Å². The van der Waals surface area contributed by atoms with Crippen LogP contribution in [0.4, 0.5) is 10.1 Å². The van der Waals surface area contributed by atoms with E-state index in [-0.39, 0.29) is 10.9 Å². The Balaban J connectivity index is 1.66. The van der Waals surface area contributed by atoms with Gasteiger partial charge >= 0.3 is 5.97 Å². The number of halogens is 2. The molecule has 0 radical (unpaired) electrons. The number of carbonyl (C=O) groups is 1. The van der Waals surface area contributed by atoms with Crippen molar-refractivity contribution in [3.63, 3.8) is 0 Å². The van der Waals surface area contributed by atoms with Gasteiger partial charge in [-0.05, 0) is 66.8 Å². The summed E-state index contributed by atoms with van der Waals surface area (Å²) in [5, 5.41) is 7.18. The number of rotatable bonds is 5. The normalized spacial score (nSPS) is 10.6. The molecule has 0 amide bonds. The highest BCUT2D eigenvalue weighted by Crippen LogP contribution is 2.23. The minimum absolute atomic E-state index is 0.227. The Bertz CT molecular complexity index is 1040. The minimum Gasteiger partial charge on any atom is -0.422 e. The van der Waals surface area contributed by atoms with Gasteiger partial charge < -0.3 is 10.1 Å². The quantitative estimate of drug-likeness (QED) is 0.177. The molecule has 0 saturated carbocycles. The molecule has 0 unspecified atom stereocenters. The molecule has 0 atom stereocenters. The Morgan fingerprint density at radius 1 is 1.07 bits per heavy atom. The fourth-order valence-corrected chi connectivity index (χ4v) is 2.85. The number of thiocarbonyl (C=S) groups is 1. The molecule has 146 valence electrons. The van der Waals surface area contributed by atoms with Crippen LogP contribution in [0.15, 0.2) is 82.4 Å². The van der Waals surface area contributed by atoms with Crippen molar-refractivity contribution in [2.24, 2.45) is 5.10 Å². The van der Waals surface area contributed by atoms with Crippen LogP contribution in [0.5, 0.6) is 5.75 Å². The summed E-state index contributed by atoms with van der Waals surface area (Å²) in [6.07, 6.45) is 1.48. The van der Waals surface area contributed by atoms with Gasteiger partial charge in [0.25, 0.3) is 0 Å². The number of anilines is 1. The lowest BCUT2D eigenvalue weighted by Gasteiger charge is -2.09. The summed E-state index contributed by atoms with van der Waals surface area (Å²) in [6.45, 7) is 0. The van der Waals surface area contributed by atoms with Crippen LogP contribution < -0.4 is 15.5 Å². The Morgan fingerprint density at radius 3 is 2.52 bits per heavy atom. The Hall–Kier alpha value is -3.10. The molecule has 3 rings (SSSR count). The predicted octanol–water partition coefficient (Wildman–Crippen LogP) is 5.13. The standard InChI is InChI=1S/C21H15BrFN3O2S/c22-16-6-11-19(28-20(27)14-4-2-1-3-5-14)15(12-16)13-24-26-21(29)25-18-9-7-17(23)8-10-18/h1-13H,(H2,25,26,29)/b24-13+. The zero-order valence-electron chi connectivity index (χ0n) is 14.9. The molecule has 0 saturated heterocycles. The maximum Gasteiger partial charge on any atom is 0.343 e. The number of hydrazone groups is 1. The summed E-state index contributed by atoms with van der Waals surface area (Å²) in [4.78, 5) is 12.3. The molecule has 8 heteroatoms. The summed E-state index contributed by atoms with van der Waals surface area (Å²) >= 11 is 8.54. The third-order valence-electron chi connectivity index (χ3n) is 3.66. The highest BCUT2D eigenvalue weighted by Gasteiger charge is 2.11. The second kappa shape index (κ2) is 9.90. The molecule has 0 fully saturated rings. The molecule has 0 aliphatic carbocycles. The second-order valence-corrected chi connectivity index (χ2v) is 7.09. The molecule has 3 aromatic carbocycles. The zero-order valence-corrected chi connectivity index (χ0v) is 17.3. The van der Waals surface area contributed by atoms with E-state index in [2.05, 4.69) is 31.8 Å². The van der Waals surface area contributed by atoms with Crippen molar-refractivity contribution >= 4 is 51.1 Å². The number of hydrogen-bond acceptors (Lipinski definition) is 4. The van der Waals surface area contributed by atoms with Crippen LogP contribution in [0, 0.1) is 5.82 Å². The van der Waals surface area contributed by atoms with Crippen molar-refractivity contribution < 1.29 is 13.9 Å². The van der Waals surface area contributed by atoms with Crippen LogP contribution in [0.2, 0.25) is 0 Å². The molecular formula is C21H15BrFN3O2S. The molecule has 5 nitrogen and oxygen atoms in total. The Labute approximate surface area is 180 Å². The lowest BCUT2D eigenvalue weighted by molar-refractivity contribution is 0.0734. The molecule has 2 N–H and O–H groups in total. The number of nitrogens with one attached hydrogen (secondary N) is 2. The van der Waals surface area contributed by atoms with E-state index < -0.39 is 5.97 Å². The summed E-state index contributed by atoms with van der Waals surface area (Å²) in [5.41, 5.74) is 4.31. The first kappa shape index (κ1) is 20.6. The van der Waals surface area contributed by atoms with E-state index >= 15 is 0 Å². The number of hydrogen-bond donors (Lipinski definition) is 2. The third-order valence-corrected chi connectivity index (χ3v) is 4.34. The summed E-state index contributed by atoms with van der Waals surface area (Å²) in [6, 6.07) is 19.7. The lowest BCUT2D eigenvalue weighted by Crippen LogP contribution is -2.23. The first-order valence-electron chi connectivity index (χ1n) is 8.44. The minimum atomic E-state index is -0.468. The van der Waals surface area contributed by atoms with E-state index in [9.17, 15) is 9.18 Å². The number of esters is 1. The van der Waals surface area contributed by atoms with Crippen LogP contribution in [0.25, 0.3) is 0 Å². The molecule has 0 bridgehead atoms. The highest BCUT2D eigenvalue weighted by molar-refractivity contribution is 9.10. The molecule has 0 aromatic heterocycles. The fourth-order valence-electron chi connectivity index (χ4n) is 2.30. The van der Waals surface area contributed by atoms with Gasteiger partial charge in [-0.15, -0.1) is 0 Å². The number of ether oxygens (including phenoxy) is 1. The second-order valence-electron chi connectivity index (χ2n) is 5.77.